The Morgan fingerprint density at radius 1 is 0.640 bits per heavy atom. The summed E-state index contributed by atoms with van der Waals surface area (Å²) in [7, 11) is 2.19. The van der Waals surface area contributed by atoms with Gasteiger partial charge in [-0.3, -0.25) is 0 Å². The number of nitrogens with zero attached hydrogens (tertiary/aromatic N) is 2. The van der Waals surface area contributed by atoms with Gasteiger partial charge in [-0.2, -0.15) is 0 Å². The first-order valence-electron chi connectivity index (χ1n) is 27.5. The molecule has 0 fully saturated rings. The molecular formula is C73H74N2. The highest BCUT2D eigenvalue weighted by molar-refractivity contribution is 5.94. The van der Waals surface area contributed by atoms with Gasteiger partial charge in [0.15, 0.2) is 0 Å². The average Bonchev–Trinajstić information content (AvgIpc) is 4.09. The van der Waals surface area contributed by atoms with Crippen molar-refractivity contribution in [1.29, 1.82) is 0 Å². The van der Waals surface area contributed by atoms with Crippen LogP contribution in [0.25, 0.3) is 33.9 Å². The highest BCUT2D eigenvalue weighted by Gasteiger charge is 2.50. The largest absolute Gasteiger partial charge is 0.345 e. The molecule has 5 aliphatic carbocycles. The molecule has 0 amide bonds. The minimum atomic E-state index is -0.320. The molecule has 376 valence electrons. The summed E-state index contributed by atoms with van der Waals surface area (Å²) in [6, 6.07) is 51.4. The minimum absolute atomic E-state index is 0.0680. The molecule has 6 aromatic carbocycles. The van der Waals surface area contributed by atoms with Crippen molar-refractivity contribution in [3.8, 4) is 22.3 Å². The second-order valence-corrected chi connectivity index (χ2v) is 19.7. The molecule has 0 N–H and O–H groups in total. The molecule has 6 aromatic rings. The van der Waals surface area contributed by atoms with Crippen molar-refractivity contribution >= 4 is 28.7 Å². The summed E-state index contributed by atoms with van der Waals surface area (Å²) >= 11 is 0. The quantitative estimate of drug-likeness (QED) is 0.140. The van der Waals surface area contributed by atoms with E-state index in [0.29, 0.717) is 0 Å². The van der Waals surface area contributed by atoms with Crippen LogP contribution in [0.15, 0.2) is 260 Å². The normalized spacial score (nSPS) is 19.5. The Morgan fingerprint density at radius 2 is 1.40 bits per heavy atom. The van der Waals surface area contributed by atoms with Crippen LogP contribution in [-0.4, -0.2) is 7.05 Å². The van der Waals surface area contributed by atoms with E-state index in [1.165, 1.54) is 89.4 Å². The van der Waals surface area contributed by atoms with Crippen molar-refractivity contribution in [1.82, 2.24) is 0 Å². The van der Waals surface area contributed by atoms with Gasteiger partial charge in [0.25, 0.3) is 0 Å². The van der Waals surface area contributed by atoms with E-state index in [1.807, 2.05) is 33.8 Å². The number of allylic oxidation sites excluding steroid dienone is 18. The maximum atomic E-state index is 4.26. The molecule has 6 aliphatic rings. The summed E-state index contributed by atoms with van der Waals surface area (Å²) in [5.74, 6) is 0. The van der Waals surface area contributed by atoms with Gasteiger partial charge in [0.1, 0.15) is 0 Å². The zero-order valence-electron chi connectivity index (χ0n) is 45.4. The fourth-order valence-corrected chi connectivity index (χ4v) is 11.6. The van der Waals surface area contributed by atoms with E-state index in [9.17, 15) is 0 Å². The Bertz CT molecular complexity index is 3370. The number of benzene rings is 6. The SMILES string of the molecule is C/C=C\C=C/C1=Cc2ccccc2C12c1ccccc1-c1cc(-c3cccc(N(C)C4=CCC(C)(C5=CCCC=C5)C=C4)c3)ccc12.C=C1C=CCc2cc(C3=CC=CCC3)ccc2N1c1ccccc1.CC.CC. The summed E-state index contributed by atoms with van der Waals surface area (Å²) in [5.41, 5.74) is 23.0. The third kappa shape index (κ3) is 10.2. The molecule has 1 spiro atoms. The van der Waals surface area contributed by atoms with Gasteiger partial charge in [-0.05, 0) is 178 Å². The molecule has 75 heavy (non-hydrogen) atoms. The van der Waals surface area contributed by atoms with Gasteiger partial charge in [-0.25, -0.2) is 0 Å². The van der Waals surface area contributed by atoms with E-state index in [2.05, 4.69) is 268 Å². The molecule has 0 saturated heterocycles. The molecule has 0 bridgehead atoms. The van der Waals surface area contributed by atoms with E-state index >= 15 is 0 Å². The number of hydrogen-bond acceptors (Lipinski definition) is 2. The molecule has 2 nitrogen and oxygen atoms in total. The molecule has 0 aromatic heterocycles. The standard InChI is InChI=1S/C46H41N.C23H21N.2C2H6/c1-4-5-7-19-37-30-35-15-10-12-22-42(35)46(37)43-23-13-11-21-40(43)41-32-34(24-25-44(41)46)33-16-14-20-39(31-33)47(3)38-26-28-45(2,29-27-38)36-17-8-6-9-18-36;1-18-9-8-12-21-17-20(19-10-4-2-5-11-19)15-16-23(21)24(18)22-13-6-3-7-14-22;2*1-2/h4-5,7-8,10-28,30-32H,6,9,29H2,1-3H3;2-4,6-10,13-17H,1,5,11-12H2;2*1-2H3/b5-4-,19-7-;;;. The van der Waals surface area contributed by atoms with Gasteiger partial charge in [-0.1, -0.05) is 217 Å². The molecule has 2 atom stereocenters. The lowest BCUT2D eigenvalue weighted by molar-refractivity contribution is 0.522. The smallest absolute Gasteiger partial charge is 0.0719 e. The van der Waals surface area contributed by atoms with E-state index in [4.69, 9.17) is 0 Å². The van der Waals surface area contributed by atoms with Crippen molar-refractivity contribution in [3.05, 3.63) is 293 Å². The van der Waals surface area contributed by atoms with Gasteiger partial charge >= 0.3 is 0 Å². The fourth-order valence-electron chi connectivity index (χ4n) is 11.6. The first-order valence-corrected chi connectivity index (χ1v) is 27.5. The number of likely N-dealkylation sites (N-methyl/N-ethyl adjacent to an activating group) is 1. The van der Waals surface area contributed by atoms with E-state index in [-0.39, 0.29) is 10.8 Å². The van der Waals surface area contributed by atoms with E-state index < -0.39 is 0 Å². The minimum Gasteiger partial charge on any atom is -0.345 e. The zero-order valence-corrected chi connectivity index (χ0v) is 45.4. The van der Waals surface area contributed by atoms with Crippen molar-refractivity contribution in [2.45, 2.75) is 85.5 Å². The van der Waals surface area contributed by atoms with Gasteiger partial charge < -0.3 is 9.80 Å². The van der Waals surface area contributed by atoms with Gasteiger partial charge in [0.05, 0.1) is 5.41 Å². The second kappa shape index (κ2) is 23.5. The number of rotatable bonds is 8. The lowest BCUT2D eigenvalue weighted by Gasteiger charge is -2.33. The monoisotopic (exact) mass is 979 g/mol. The van der Waals surface area contributed by atoms with Crippen LogP contribution in [0.4, 0.5) is 17.1 Å². The molecular weight excluding hydrogens is 905 g/mol. The molecule has 12 rings (SSSR count). The summed E-state index contributed by atoms with van der Waals surface area (Å²) in [6.45, 7) is 16.7. The summed E-state index contributed by atoms with van der Waals surface area (Å²) in [6.07, 6.45) is 42.7. The van der Waals surface area contributed by atoms with Gasteiger partial charge in [0, 0.05) is 40.9 Å². The van der Waals surface area contributed by atoms with Crippen molar-refractivity contribution in [3.63, 3.8) is 0 Å². The highest BCUT2D eigenvalue weighted by Crippen LogP contribution is 2.60. The predicted molar refractivity (Wildman–Crippen MR) is 326 cm³/mol. The van der Waals surface area contributed by atoms with Crippen LogP contribution in [0.1, 0.15) is 107 Å². The summed E-state index contributed by atoms with van der Waals surface area (Å²) in [4.78, 5) is 4.57. The van der Waals surface area contributed by atoms with Crippen molar-refractivity contribution in [2.24, 2.45) is 5.41 Å². The van der Waals surface area contributed by atoms with Crippen LogP contribution in [0.5, 0.6) is 0 Å². The number of fused-ring (bicyclic) bond motifs is 8. The van der Waals surface area contributed by atoms with E-state index in [1.54, 1.807) is 0 Å². The Morgan fingerprint density at radius 3 is 2.16 bits per heavy atom. The number of anilines is 3. The van der Waals surface area contributed by atoms with Crippen LogP contribution in [0.2, 0.25) is 0 Å². The topological polar surface area (TPSA) is 6.48 Å². The lowest BCUT2D eigenvalue weighted by Crippen LogP contribution is -2.26. The first kappa shape index (κ1) is 51.9. The predicted octanol–water partition coefficient (Wildman–Crippen LogP) is 20.0. The van der Waals surface area contributed by atoms with Crippen molar-refractivity contribution < 1.29 is 0 Å². The van der Waals surface area contributed by atoms with Crippen LogP contribution in [0, 0.1) is 5.41 Å². The number of para-hydroxylation sites is 1. The summed E-state index contributed by atoms with van der Waals surface area (Å²) < 4.78 is 0. The second-order valence-electron chi connectivity index (χ2n) is 19.7. The van der Waals surface area contributed by atoms with Crippen LogP contribution < -0.4 is 9.80 Å². The fraction of sp³-hybridized carbons (Fsp3) is 0.205. The average molecular weight is 979 g/mol. The maximum absolute atomic E-state index is 4.26. The van der Waals surface area contributed by atoms with E-state index in [0.717, 1.165) is 49.9 Å². The maximum Gasteiger partial charge on any atom is 0.0719 e. The first-order chi connectivity index (χ1) is 36.9. The zero-order chi connectivity index (χ0) is 52.4. The number of hydrogen-bond donors (Lipinski definition) is 0. The third-order valence-electron chi connectivity index (χ3n) is 15.4. The third-order valence-corrected chi connectivity index (χ3v) is 15.4. The Balaban J connectivity index is 0.000000206. The highest BCUT2D eigenvalue weighted by atomic mass is 15.1. The van der Waals surface area contributed by atoms with Gasteiger partial charge in [-0.15, -0.1) is 0 Å². The molecule has 2 unspecified atom stereocenters. The molecule has 0 radical (unpaired) electrons. The molecule has 2 heteroatoms. The molecule has 1 heterocycles. The van der Waals surface area contributed by atoms with Crippen molar-refractivity contribution in [2.75, 3.05) is 16.8 Å². The van der Waals surface area contributed by atoms with Crippen LogP contribution in [-0.2, 0) is 11.8 Å². The van der Waals surface area contributed by atoms with Crippen LogP contribution in [0.3, 0.4) is 0 Å². The summed E-state index contributed by atoms with van der Waals surface area (Å²) in [5, 5.41) is 0. The Hall–Kier alpha value is -7.94. The van der Waals surface area contributed by atoms with Crippen LogP contribution >= 0.6 is 0 Å². The Kier molecular flexibility index (Phi) is 16.3. The Labute approximate surface area is 449 Å². The lowest BCUT2D eigenvalue weighted by atomic mass is 9.69. The van der Waals surface area contributed by atoms with Gasteiger partial charge in [0.2, 0.25) is 0 Å². The molecule has 1 aliphatic heterocycles. The molecule has 0 saturated carbocycles.